The van der Waals surface area contributed by atoms with E-state index < -0.39 is 42.4 Å². The predicted octanol–water partition coefficient (Wildman–Crippen LogP) is -10.6. The molecule has 0 aliphatic heterocycles. The first-order chi connectivity index (χ1) is 6.69. The second-order valence-corrected chi connectivity index (χ2v) is 3.07. The number of carbonyl (C=O) groups excluding carboxylic acids is 2. The van der Waals surface area contributed by atoms with Crippen LogP contribution in [-0.4, -0.2) is 39.8 Å². The number of hydrogen-bond acceptors (Lipinski definition) is 7. The largest absolute Gasteiger partial charge is 1.00 e. The number of carbonyl (C=O) groups is 3. The average molecular weight is 265 g/mol. The van der Waals surface area contributed by atoms with Gasteiger partial charge >= 0.3 is 65.1 Å². The Morgan fingerprint density at radius 2 is 1.41 bits per heavy atom. The van der Waals surface area contributed by atoms with Gasteiger partial charge in [0.1, 0.15) is 0 Å². The fourth-order valence-electron chi connectivity index (χ4n) is 1.04. The molecule has 0 radical (unpaired) electrons. The van der Waals surface area contributed by atoms with Crippen LogP contribution in [0.1, 0.15) is 12.8 Å². The van der Waals surface area contributed by atoms with Gasteiger partial charge < -0.3 is 35.7 Å². The first-order valence-corrected chi connectivity index (χ1v) is 3.78. The SMILES string of the molecule is NC(CC(=O)[O-])(CC(=O)[O-])C(O)C(=O)O.[Na+].[Na+]. The zero-order valence-corrected chi connectivity index (χ0v) is 13.5. The van der Waals surface area contributed by atoms with E-state index in [4.69, 9.17) is 15.9 Å². The smallest absolute Gasteiger partial charge is 0.550 e. The quantitative estimate of drug-likeness (QED) is 0.398. The molecule has 8 nitrogen and oxygen atoms in total. The maximum Gasteiger partial charge on any atom is 1.00 e. The number of carboxylic acids is 3. The summed E-state index contributed by atoms with van der Waals surface area (Å²) in [5, 5.41) is 37.9. The van der Waals surface area contributed by atoms with Crippen LogP contribution in [0.5, 0.6) is 0 Å². The van der Waals surface area contributed by atoms with Gasteiger partial charge in [-0.25, -0.2) is 4.79 Å². The zero-order chi connectivity index (χ0) is 12.2. The van der Waals surface area contributed by atoms with Gasteiger partial charge in [-0.3, -0.25) is 0 Å². The van der Waals surface area contributed by atoms with Gasteiger partial charge in [0.15, 0.2) is 6.10 Å². The first-order valence-electron chi connectivity index (χ1n) is 3.78. The number of nitrogens with two attached hydrogens (primary N) is 1. The van der Waals surface area contributed by atoms with Crippen LogP contribution in [0, 0.1) is 0 Å². The Kier molecular flexibility index (Phi) is 12.3. The van der Waals surface area contributed by atoms with Crippen molar-refractivity contribution in [3.63, 3.8) is 0 Å². The molecule has 0 saturated heterocycles. The minimum absolute atomic E-state index is 0. The van der Waals surface area contributed by atoms with Gasteiger partial charge in [0.05, 0.1) is 5.54 Å². The molecule has 0 fully saturated rings. The topological polar surface area (TPSA) is 164 Å². The molecule has 0 spiro atoms. The molecule has 0 amide bonds. The van der Waals surface area contributed by atoms with Crippen molar-refractivity contribution in [3.05, 3.63) is 0 Å². The number of aliphatic hydroxyl groups is 1. The minimum Gasteiger partial charge on any atom is -0.550 e. The van der Waals surface area contributed by atoms with E-state index >= 15 is 0 Å². The molecule has 10 heteroatoms. The molecule has 17 heavy (non-hydrogen) atoms. The summed E-state index contributed by atoms with van der Waals surface area (Å²) < 4.78 is 0. The summed E-state index contributed by atoms with van der Waals surface area (Å²) in [6.45, 7) is 0. The van der Waals surface area contributed by atoms with Crippen LogP contribution in [0.25, 0.3) is 0 Å². The number of aliphatic hydroxyl groups excluding tert-OH is 1. The van der Waals surface area contributed by atoms with Gasteiger partial charge in [0.25, 0.3) is 0 Å². The van der Waals surface area contributed by atoms with Gasteiger partial charge in [-0.1, -0.05) is 0 Å². The van der Waals surface area contributed by atoms with Crippen LogP contribution in [0.4, 0.5) is 0 Å². The van der Waals surface area contributed by atoms with Crippen LogP contribution in [0.2, 0.25) is 0 Å². The van der Waals surface area contributed by atoms with Gasteiger partial charge in [0.2, 0.25) is 0 Å². The number of hydrogen-bond donors (Lipinski definition) is 3. The molecular formula is C7H9NNa2O7. The third-order valence-electron chi connectivity index (χ3n) is 1.73. The molecule has 0 rings (SSSR count). The fraction of sp³-hybridized carbons (Fsp3) is 0.571. The van der Waals surface area contributed by atoms with E-state index in [1.165, 1.54) is 0 Å². The molecule has 86 valence electrons. The second kappa shape index (κ2) is 9.29. The third kappa shape index (κ3) is 8.11. The van der Waals surface area contributed by atoms with E-state index in [9.17, 15) is 24.6 Å². The molecule has 1 unspecified atom stereocenters. The van der Waals surface area contributed by atoms with Crippen molar-refractivity contribution < 1.29 is 93.9 Å². The summed E-state index contributed by atoms with van der Waals surface area (Å²) in [7, 11) is 0. The van der Waals surface area contributed by atoms with Crippen molar-refractivity contribution in [1.82, 2.24) is 0 Å². The monoisotopic (exact) mass is 265 g/mol. The van der Waals surface area contributed by atoms with E-state index in [-0.39, 0.29) is 59.1 Å². The van der Waals surface area contributed by atoms with Crippen LogP contribution < -0.4 is 75.1 Å². The van der Waals surface area contributed by atoms with Crippen molar-refractivity contribution in [1.29, 1.82) is 0 Å². The summed E-state index contributed by atoms with van der Waals surface area (Å²) in [6, 6.07) is 0. The van der Waals surface area contributed by atoms with E-state index in [0.29, 0.717) is 0 Å². The molecule has 1 atom stereocenters. The minimum atomic E-state index is -2.34. The Balaban J connectivity index is -0.000000980. The van der Waals surface area contributed by atoms with Gasteiger partial charge in [0, 0.05) is 24.8 Å². The van der Waals surface area contributed by atoms with Crippen molar-refractivity contribution in [2.75, 3.05) is 0 Å². The summed E-state index contributed by atoms with van der Waals surface area (Å²) in [5.41, 5.74) is 2.83. The molecule has 0 bridgehead atoms. The Labute approximate surface area is 141 Å². The zero-order valence-electron chi connectivity index (χ0n) is 9.50. The van der Waals surface area contributed by atoms with Crippen molar-refractivity contribution >= 4 is 17.9 Å². The number of aliphatic carboxylic acids is 3. The Hall–Kier alpha value is 0.330. The van der Waals surface area contributed by atoms with Gasteiger partial charge in [-0.2, -0.15) is 0 Å². The van der Waals surface area contributed by atoms with E-state index in [2.05, 4.69) is 0 Å². The molecule has 0 aliphatic rings. The third-order valence-corrected chi connectivity index (χ3v) is 1.73. The van der Waals surface area contributed by atoms with Crippen LogP contribution in [0.3, 0.4) is 0 Å². The fourth-order valence-corrected chi connectivity index (χ4v) is 1.04. The first kappa shape index (κ1) is 22.5. The summed E-state index contributed by atoms with van der Waals surface area (Å²) in [4.78, 5) is 30.8. The van der Waals surface area contributed by atoms with Crippen LogP contribution in [0.15, 0.2) is 0 Å². The molecule has 0 heterocycles. The summed E-state index contributed by atoms with van der Waals surface area (Å²) >= 11 is 0. The van der Waals surface area contributed by atoms with Gasteiger partial charge in [-0.15, -0.1) is 0 Å². The second-order valence-electron chi connectivity index (χ2n) is 3.07. The van der Waals surface area contributed by atoms with Crippen LogP contribution >= 0.6 is 0 Å². The summed E-state index contributed by atoms with van der Waals surface area (Å²) in [5.74, 6) is -5.35. The predicted molar refractivity (Wildman–Crippen MR) is 39.8 cm³/mol. The average Bonchev–Trinajstić information content (AvgIpc) is 1.99. The number of rotatable bonds is 6. The van der Waals surface area contributed by atoms with Crippen molar-refractivity contribution in [2.45, 2.75) is 24.5 Å². The van der Waals surface area contributed by atoms with Crippen LogP contribution in [-0.2, 0) is 14.4 Å². The Morgan fingerprint density at radius 3 is 1.59 bits per heavy atom. The normalized spacial score (nSPS) is 11.6. The van der Waals surface area contributed by atoms with Crippen molar-refractivity contribution in [2.24, 2.45) is 5.73 Å². The molecular weight excluding hydrogens is 256 g/mol. The molecule has 0 aromatic carbocycles. The van der Waals surface area contributed by atoms with E-state index in [1.807, 2.05) is 0 Å². The van der Waals surface area contributed by atoms with E-state index in [1.54, 1.807) is 0 Å². The molecule has 0 aliphatic carbocycles. The Bertz CT molecular complexity index is 280. The molecule has 0 aromatic rings. The van der Waals surface area contributed by atoms with Gasteiger partial charge in [-0.05, 0) is 0 Å². The summed E-state index contributed by atoms with van der Waals surface area (Å²) in [6.07, 6.45) is -4.53. The molecule has 0 saturated carbocycles. The maximum absolute atomic E-state index is 10.4. The van der Waals surface area contributed by atoms with E-state index in [0.717, 1.165) is 0 Å². The number of carboxylic acid groups (broad SMARTS) is 3. The maximum atomic E-state index is 10.4. The van der Waals surface area contributed by atoms with Crippen molar-refractivity contribution in [3.8, 4) is 0 Å². The Morgan fingerprint density at radius 1 is 1.12 bits per heavy atom. The standard InChI is InChI=1S/C7H11NO7.2Na/c8-7(1-3(9)10,2-4(11)12)5(13)6(14)15;;/h5,13H,1-2,8H2,(H,9,10)(H,11,12)(H,14,15);;/q;2*+1/p-2. The molecule has 4 N–H and O–H groups in total. The molecule has 0 aromatic heterocycles.